The van der Waals surface area contributed by atoms with E-state index in [9.17, 15) is 4.79 Å². The van der Waals surface area contributed by atoms with Gasteiger partial charge in [0.25, 0.3) is 0 Å². The summed E-state index contributed by atoms with van der Waals surface area (Å²) in [7, 11) is 0. The summed E-state index contributed by atoms with van der Waals surface area (Å²) < 4.78 is 5.63. The Morgan fingerprint density at radius 1 is 1.27 bits per heavy atom. The predicted molar refractivity (Wildman–Crippen MR) is 92.3 cm³/mol. The van der Waals surface area contributed by atoms with Gasteiger partial charge in [-0.15, -0.1) is 0 Å². The number of anilines is 1. The monoisotopic (exact) mass is 326 g/mol. The van der Waals surface area contributed by atoms with Gasteiger partial charge in [0, 0.05) is 24.3 Å². The van der Waals surface area contributed by atoms with E-state index < -0.39 is 5.97 Å². The highest BCUT2D eigenvalue weighted by molar-refractivity contribution is 6.33. The lowest BCUT2D eigenvalue weighted by atomic mass is 10.1. The molecule has 0 radical (unpaired) electrons. The fourth-order valence-electron chi connectivity index (χ4n) is 2.41. The van der Waals surface area contributed by atoms with Crippen LogP contribution in [0.5, 0.6) is 0 Å². The van der Waals surface area contributed by atoms with Crippen molar-refractivity contribution in [2.24, 2.45) is 0 Å². The van der Waals surface area contributed by atoms with Crippen LogP contribution < -0.4 is 5.73 Å². The molecule has 1 atom stereocenters. The van der Waals surface area contributed by atoms with E-state index in [4.69, 9.17) is 22.1 Å². The van der Waals surface area contributed by atoms with Gasteiger partial charge in [-0.3, -0.25) is 4.90 Å². The fourth-order valence-corrected chi connectivity index (χ4v) is 2.68. The van der Waals surface area contributed by atoms with E-state index in [1.807, 2.05) is 6.92 Å². The molecule has 0 heterocycles. The lowest BCUT2D eigenvalue weighted by molar-refractivity contribution is 0.0114. The Labute approximate surface area is 138 Å². The van der Waals surface area contributed by atoms with Crippen LogP contribution in [-0.2, 0) is 4.74 Å². The van der Waals surface area contributed by atoms with Crippen LogP contribution in [0, 0.1) is 0 Å². The van der Waals surface area contributed by atoms with Crippen molar-refractivity contribution in [2.75, 3.05) is 12.3 Å². The molecule has 124 valence electrons. The molecule has 1 aromatic carbocycles. The summed E-state index contributed by atoms with van der Waals surface area (Å²) >= 11 is 6.07. The number of ether oxygens (including phenoxy) is 1. The van der Waals surface area contributed by atoms with Gasteiger partial charge < -0.3 is 10.5 Å². The van der Waals surface area contributed by atoms with Crippen molar-refractivity contribution in [1.29, 1.82) is 0 Å². The van der Waals surface area contributed by atoms with E-state index in [2.05, 4.69) is 32.6 Å². The third-order valence-corrected chi connectivity index (χ3v) is 4.00. The Bertz CT molecular complexity index is 495. The minimum Gasteiger partial charge on any atom is -0.457 e. The van der Waals surface area contributed by atoms with Crippen molar-refractivity contribution < 1.29 is 9.53 Å². The first-order valence-corrected chi connectivity index (χ1v) is 8.15. The molecule has 0 bridgehead atoms. The van der Waals surface area contributed by atoms with Crippen LogP contribution in [0.2, 0.25) is 5.02 Å². The second-order valence-electron chi connectivity index (χ2n) is 6.06. The van der Waals surface area contributed by atoms with Crippen LogP contribution in [-0.4, -0.2) is 35.6 Å². The molecule has 2 N–H and O–H groups in total. The lowest BCUT2D eigenvalue weighted by Gasteiger charge is -2.33. The molecule has 22 heavy (non-hydrogen) atoms. The van der Waals surface area contributed by atoms with E-state index in [0.717, 1.165) is 6.42 Å². The number of rotatable bonds is 7. The van der Waals surface area contributed by atoms with Gasteiger partial charge in [0.1, 0.15) is 6.10 Å². The number of halogens is 1. The highest BCUT2D eigenvalue weighted by Crippen LogP contribution is 2.21. The second kappa shape index (κ2) is 8.39. The molecule has 0 saturated carbocycles. The third kappa shape index (κ3) is 5.18. The van der Waals surface area contributed by atoms with E-state index in [0.29, 0.717) is 34.9 Å². The average Bonchev–Trinajstić information content (AvgIpc) is 2.42. The smallest absolute Gasteiger partial charge is 0.339 e. The molecule has 0 aliphatic heterocycles. The Kier molecular flexibility index (Phi) is 7.17. The maximum Gasteiger partial charge on any atom is 0.339 e. The molecule has 0 saturated heterocycles. The third-order valence-electron chi connectivity index (χ3n) is 3.68. The van der Waals surface area contributed by atoms with Crippen LogP contribution in [0.3, 0.4) is 0 Å². The number of nitrogens with two attached hydrogens (primary N) is 1. The highest BCUT2D eigenvalue weighted by atomic mass is 35.5. The van der Waals surface area contributed by atoms with Crippen molar-refractivity contribution >= 4 is 23.3 Å². The minimum atomic E-state index is -0.399. The molecule has 0 fully saturated rings. The quantitative estimate of drug-likeness (QED) is 0.608. The average molecular weight is 327 g/mol. The van der Waals surface area contributed by atoms with Gasteiger partial charge in [-0.25, -0.2) is 4.79 Å². The molecule has 1 unspecified atom stereocenters. The summed E-state index contributed by atoms with van der Waals surface area (Å²) in [5.74, 6) is -0.399. The number of esters is 1. The van der Waals surface area contributed by atoms with Gasteiger partial charge in [0.2, 0.25) is 0 Å². The largest absolute Gasteiger partial charge is 0.457 e. The summed E-state index contributed by atoms with van der Waals surface area (Å²) in [6, 6.07) is 5.61. The number of carbonyl (C=O) groups is 1. The molecule has 4 nitrogen and oxygen atoms in total. The Balaban J connectivity index is 2.78. The Morgan fingerprint density at radius 3 is 2.32 bits per heavy atom. The number of nitrogen functional groups attached to an aromatic ring is 1. The zero-order valence-electron chi connectivity index (χ0n) is 14.1. The van der Waals surface area contributed by atoms with Crippen LogP contribution in [0.1, 0.15) is 51.4 Å². The minimum absolute atomic E-state index is 0.161. The van der Waals surface area contributed by atoms with Crippen molar-refractivity contribution in [3.8, 4) is 0 Å². The van der Waals surface area contributed by atoms with E-state index in [1.165, 1.54) is 0 Å². The normalized spacial score (nSPS) is 13.0. The topological polar surface area (TPSA) is 55.6 Å². The first-order valence-electron chi connectivity index (χ1n) is 7.78. The van der Waals surface area contributed by atoms with Gasteiger partial charge >= 0.3 is 5.97 Å². The summed E-state index contributed by atoms with van der Waals surface area (Å²) in [6.07, 6.45) is 0.597. The lowest BCUT2D eigenvalue weighted by Crippen LogP contribution is -2.43. The molecular weight excluding hydrogens is 300 g/mol. The highest BCUT2D eigenvalue weighted by Gasteiger charge is 2.22. The van der Waals surface area contributed by atoms with Crippen LogP contribution >= 0.6 is 11.6 Å². The second-order valence-corrected chi connectivity index (χ2v) is 6.47. The number of hydrogen-bond acceptors (Lipinski definition) is 4. The molecular formula is C17H27ClN2O2. The molecule has 1 aromatic rings. The summed E-state index contributed by atoms with van der Waals surface area (Å²) in [6.45, 7) is 11.3. The first kappa shape index (κ1) is 18.8. The molecule has 0 aliphatic rings. The van der Waals surface area contributed by atoms with E-state index in [1.54, 1.807) is 18.2 Å². The molecule has 0 amide bonds. The predicted octanol–water partition coefficient (Wildman–Crippen LogP) is 3.98. The van der Waals surface area contributed by atoms with E-state index in [-0.39, 0.29) is 6.10 Å². The number of benzene rings is 1. The van der Waals surface area contributed by atoms with Gasteiger partial charge in [0.15, 0.2) is 0 Å². The SMILES string of the molecule is CCC(CN(C(C)C)C(C)C)OC(=O)c1ccc(N)cc1Cl. The zero-order valence-corrected chi connectivity index (χ0v) is 14.9. The van der Waals surface area contributed by atoms with Gasteiger partial charge in [-0.05, 0) is 52.3 Å². The number of nitrogens with zero attached hydrogens (tertiary/aromatic N) is 1. The molecule has 0 aliphatic carbocycles. The van der Waals surface area contributed by atoms with Crippen molar-refractivity contribution in [1.82, 2.24) is 4.90 Å². The molecule has 0 spiro atoms. The van der Waals surface area contributed by atoms with Crippen LogP contribution in [0.25, 0.3) is 0 Å². The molecule has 1 rings (SSSR count). The first-order chi connectivity index (χ1) is 10.3. The Hall–Kier alpha value is -1.26. The standard InChI is InChI=1S/C17H27ClN2O2/c1-6-14(10-20(11(2)3)12(4)5)22-17(21)15-8-7-13(19)9-16(15)18/h7-9,11-12,14H,6,10,19H2,1-5H3. The summed E-state index contributed by atoms with van der Waals surface area (Å²) in [5, 5.41) is 0.324. The van der Waals surface area contributed by atoms with Crippen molar-refractivity contribution in [3.63, 3.8) is 0 Å². The fraction of sp³-hybridized carbons (Fsp3) is 0.588. The van der Waals surface area contributed by atoms with Gasteiger partial charge in [0.05, 0.1) is 10.6 Å². The zero-order chi connectivity index (χ0) is 16.9. The van der Waals surface area contributed by atoms with Crippen LogP contribution in [0.4, 0.5) is 5.69 Å². The van der Waals surface area contributed by atoms with Crippen molar-refractivity contribution in [3.05, 3.63) is 28.8 Å². The van der Waals surface area contributed by atoms with Crippen LogP contribution in [0.15, 0.2) is 18.2 Å². The number of hydrogen-bond donors (Lipinski definition) is 1. The van der Waals surface area contributed by atoms with Gasteiger partial charge in [-0.1, -0.05) is 18.5 Å². The maximum atomic E-state index is 12.3. The van der Waals surface area contributed by atoms with E-state index >= 15 is 0 Å². The van der Waals surface area contributed by atoms with Crippen molar-refractivity contribution in [2.45, 2.75) is 59.2 Å². The number of carbonyl (C=O) groups excluding carboxylic acids is 1. The summed E-state index contributed by atoms with van der Waals surface area (Å²) in [4.78, 5) is 14.6. The molecule has 0 aromatic heterocycles. The molecule has 5 heteroatoms. The van der Waals surface area contributed by atoms with Gasteiger partial charge in [-0.2, -0.15) is 0 Å². The Morgan fingerprint density at radius 2 is 1.86 bits per heavy atom. The maximum absolute atomic E-state index is 12.3. The summed E-state index contributed by atoms with van der Waals surface area (Å²) in [5.41, 5.74) is 6.53.